The number of carbonyl (C=O) groups is 1. The van der Waals surface area contributed by atoms with Crippen molar-refractivity contribution in [3.05, 3.63) is 83.8 Å². The van der Waals surface area contributed by atoms with Crippen LogP contribution in [0.3, 0.4) is 0 Å². The number of carbonyl (C=O) groups excluding carboxylic acids is 1. The van der Waals surface area contributed by atoms with Crippen LogP contribution in [-0.4, -0.2) is 69.6 Å². The maximum atomic E-state index is 13.2. The highest BCUT2D eigenvalue weighted by Gasteiger charge is 2.30. The minimum absolute atomic E-state index is 0.216. The molecule has 0 saturated carbocycles. The number of nitrogens with zero attached hydrogens (tertiary/aromatic N) is 4. The number of hydrogen-bond acceptors (Lipinski definition) is 6. The van der Waals surface area contributed by atoms with Gasteiger partial charge in [0.15, 0.2) is 0 Å². The fourth-order valence-corrected chi connectivity index (χ4v) is 4.89. The second-order valence-electron chi connectivity index (χ2n) is 9.85. The molecule has 9 nitrogen and oxygen atoms in total. The maximum absolute atomic E-state index is 13.2. The Hall–Kier alpha value is -4.26. The molecule has 1 aliphatic rings. The number of anilines is 1. The van der Waals surface area contributed by atoms with Crippen LogP contribution in [0.4, 0.5) is 19.1 Å². The molecule has 5 aromatic rings. The number of aromatic amines is 1. The zero-order valence-corrected chi connectivity index (χ0v) is 22.0. The summed E-state index contributed by atoms with van der Waals surface area (Å²) in [5.74, 6) is -0.217. The average molecular weight is 564 g/mol. The average Bonchev–Trinajstić information content (AvgIpc) is 3.59. The Morgan fingerprint density at radius 2 is 1.80 bits per heavy atom. The van der Waals surface area contributed by atoms with E-state index >= 15 is 0 Å². The summed E-state index contributed by atoms with van der Waals surface area (Å²) in [6.45, 7) is 5.83. The van der Waals surface area contributed by atoms with Gasteiger partial charge in [0.25, 0.3) is 5.91 Å². The largest absolute Gasteiger partial charge is 0.416 e. The molecular formula is C29H28F3N7O2. The van der Waals surface area contributed by atoms with E-state index in [9.17, 15) is 18.0 Å². The van der Waals surface area contributed by atoms with Crippen LogP contribution in [0.2, 0.25) is 0 Å². The van der Waals surface area contributed by atoms with E-state index in [1.807, 2.05) is 22.6 Å². The molecule has 4 heterocycles. The number of hydrogen-bond donors (Lipinski definition) is 3. The lowest BCUT2D eigenvalue weighted by Gasteiger charge is -2.26. The van der Waals surface area contributed by atoms with E-state index in [2.05, 4.69) is 30.5 Å². The third-order valence-electron chi connectivity index (χ3n) is 7.06. The Balaban J connectivity index is 1.13. The molecule has 0 aliphatic carbocycles. The molecule has 3 aromatic heterocycles. The maximum Gasteiger partial charge on any atom is 0.416 e. The Bertz CT molecular complexity index is 1690. The number of benzene rings is 2. The standard InChI is InChI=1S/C29H28F3N7O2/c30-29(31,32)21-4-1-3-19(15-21)20-7-8-23-24(16-20)36-28(35-23)37-27(40)25-18-39-22(5-2-6-26(39)34-25)17-33-9-10-38-11-13-41-14-12-38/h1-8,15-16,18,33H,9-14,17H2,(H2,35,36,37,40). The van der Waals surface area contributed by atoms with Crippen LogP contribution in [0.15, 0.2) is 66.9 Å². The van der Waals surface area contributed by atoms with Crippen molar-refractivity contribution < 1.29 is 22.7 Å². The quantitative estimate of drug-likeness (QED) is 0.239. The number of nitrogens with one attached hydrogen (secondary N) is 3. The highest BCUT2D eigenvalue weighted by molar-refractivity contribution is 6.03. The van der Waals surface area contributed by atoms with Crippen molar-refractivity contribution in [2.75, 3.05) is 44.7 Å². The molecule has 0 radical (unpaired) electrons. The Labute approximate surface area is 233 Å². The smallest absolute Gasteiger partial charge is 0.379 e. The van der Waals surface area contributed by atoms with Gasteiger partial charge in [-0.3, -0.25) is 15.0 Å². The van der Waals surface area contributed by atoms with Crippen molar-refractivity contribution in [2.24, 2.45) is 0 Å². The molecule has 212 valence electrons. The molecule has 0 atom stereocenters. The first-order valence-corrected chi connectivity index (χ1v) is 13.3. The van der Waals surface area contributed by atoms with E-state index in [0.717, 1.165) is 57.2 Å². The van der Waals surface area contributed by atoms with Crippen LogP contribution in [0, 0.1) is 0 Å². The number of fused-ring (bicyclic) bond motifs is 2. The molecule has 2 aromatic carbocycles. The summed E-state index contributed by atoms with van der Waals surface area (Å²) >= 11 is 0. The lowest BCUT2D eigenvalue weighted by Crippen LogP contribution is -2.40. The number of pyridine rings is 1. The molecule has 1 fully saturated rings. The summed E-state index contributed by atoms with van der Waals surface area (Å²) in [6.07, 6.45) is -2.74. The Kier molecular flexibility index (Phi) is 7.43. The van der Waals surface area contributed by atoms with E-state index in [0.29, 0.717) is 34.4 Å². The van der Waals surface area contributed by atoms with Gasteiger partial charge in [-0.15, -0.1) is 0 Å². The van der Waals surface area contributed by atoms with E-state index in [1.54, 1.807) is 30.5 Å². The Morgan fingerprint density at radius 1 is 1.00 bits per heavy atom. The van der Waals surface area contributed by atoms with Crippen molar-refractivity contribution in [1.82, 2.24) is 29.6 Å². The molecule has 0 bridgehead atoms. The second kappa shape index (κ2) is 11.3. The van der Waals surface area contributed by atoms with E-state index in [-0.39, 0.29) is 11.6 Å². The first-order valence-electron chi connectivity index (χ1n) is 13.3. The summed E-state index contributed by atoms with van der Waals surface area (Å²) in [6, 6.07) is 16.0. The monoisotopic (exact) mass is 563 g/mol. The third kappa shape index (κ3) is 6.09. The van der Waals surface area contributed by atoms with Gasteiger partial charge < -0.3 is 19.4 Å². The number of H-pyrrole nitrogens is 1. The molecular weight excluding hydrogens is 535 g/mol. The van der Waals surface area contributed by atoms with Crippen molar-refractivity contribution >= 4 is 28.5 Å². The second-order valence-corrected chi connectivity index (χ2v) is 9.85. The topological polar surface area (TPSA) is 99.6 Å². The summed E-state index contributed by atoms with van der Waals surface area (Å²) in [4.78, 5) is 27.3. The molecule has 0 unspecified atom stereocenters. The van der Waals surface area contributed by atoms with Crippen LogP contribution in [0.5, 0.6) is 0 Å². The van der Waals surface area contributed by atoms with Gasteiger partial charge in [0, 0.05) is 44.6 Å². The number of rotatable bonds is 8. The number of ether oxygens (including phenoxy) is 1. The van der Waals surface area contributed by atoms with Gasteiger partial charge in [-0.2, -0.15) is 13.2 Å². The van der Waals surface area contributed by atoms with Gasteiger partial charge in [-0.1, -0.05) is 24.3 Å². The van der Waals surface area contributed by atoms with Gasteiger partial charge in [0.05, 0.1) is 29.8 Å². The highest BCUT2D eigenvalue weighted by atomic mass is 19.4. The third-order valence-corrected chi connectivity index (χ3v) is 7.06. The highest BCUT2D eigenvalue weighted by Crippen LogP contribution is 2.33. The molecule has 41 heavy (non-hydrogen) atoms. The minimum atomic E-state index is -4.43. The van der Waals surface area contributed by atoms with Gasteiger partial charge in [-0.25, -0.2) is 9.97 Å². The zero-order chi connectivity index (χ0) is 28.4. The molecule has 3 N–H and O–H groups in total. The van der Waals surface area contributed by atoms with E-state index in [1.165, 1.54) is 6.07 Å². The number of amides is 1. The van der Waals surface area contributed by atoms with Crippen molar-refractivity contribution in [3.8, 4) is 11.1 Å². The van der Waals surface area contributed by atoms with Crippen molar-refractivity contribution in [2.45, 2.75) is 12.7 Å². The van der Waals surface area contributed by atoms with Gasteiger partial charge >= 0.3 is 6.18 Å². The van der Waals surface area contributed by atoms with E-state index < -0.39 is 17.6 Å². The van der Waals surface area contributed by atoms with Crippen LogP contribution in [0.1, 0.15) is 21.7 Å². The molecule has 12 heteroatoms. The molecule has 0 spiro atoms. The molecule has 1 saturated heterocycles. The van der Waals surface area contributed by atoms with Crippen LogP contribution in [0.25, 0.3) is 27.8 Å². The number of alkyl halides is 3. The lowest BCUT2D eigenvalue weighted by molar-refractivity contribution is -0.137. The molecule has 1 amide bonds. The number of halogens is 3. The number of aromatic nitrogens is 4. The van der Waals surface area contributed by atoms with Crippen LogP contribution < -0.4 is 10.6 Å². The first-order chi connectivity index (χ1) is 19.8. The van der Waals surface area contributed by atoms with Crippen molar-refractivity contribution in [3.63, 3.8) is 0 Å². The first kappa shape index (κ1) is 26.9. The minimum Gasteiger partial charge on any atom is -0.379 e. The predicted octanol–water partition coefficient (Wildman–Crippen LogP) is 4.57. The Morgan fingerprint density at radius 3 is 2.63 bits per heavy atom. The zero-order valence-electron chi connectivity index (χ0n) is 22.0. The number of morpholine rings is 1. The fourth-order valence-electron chi connectivity index (χ4n) is 4.89. The summed E-state index contributed by atoms with van der Waals surface area (Å²) in [7, 11) is 0. The van der Waals surface area contributed by atoms with Gasteiger partial charge in [0.1, 0.15) is 11.3 Å². The number of imidazole rings is 2. The molecule has 6 rings (SSSR count). The lowest BCUT2D eigenvalue weighted by atomic mass is 10.0. The normalized spacial score (nSPS) is 14.6. The van der Waals surface area contributed by atoms with Gasteiger partial charge in [-0.05, 0) is 47.5 Å². The fraction of sp³-hybridized carbons (Fsp3) is 0.276. The summed E-state index contributed by atoms with van der Waals surface area (Å²) in [5.41, 5.74) is 3.29. The summed E-state index contributed by atoms with van der Waals surface area (Å²) < 4.78 is 46.7. The molecule has 1 aliphatic heterocycles. The van der Waals surface area contributed by atoms with Crippen LogP contribution in [-0.2, 0) is 17.5 Å². The summed E-state index contributed by atoms with van der Waals surface area (Å²) in [5, 5.41) is 6.20. The van der Waals surface area contributed by atoms with Crippen molar-refractivity contribution in [1.29, 1.82) is 0 Å². The van der Waals surface area contributed by atoms with E-state index in [4.69, 9.17) is 4.74 Å². The van der Waals surface area contributed by atoms with Crippen LogP contribution >= 0.6 is 0 Å². The SMILES string of the molecule is O=C(Nc1nc2cc(-c3cccc(C(F)(F)F)c3)ccc2[nH]1)c1cn2c(CNCCN3CCOCC3)cccc2n1. The van der Waals surface area contributed by atoms with Gasteiger partial charge in [0.2, 0.25) is 5.95 Å². The predicted molar refractivity (Wildman–Crippen MR) is 149 cm³/mol.